The Labute approximate surface area is 153 Å². The van der Waals surface area contributed by atoms with Crippen LogP contribution < -0.4 is 9.47 Å². The number of methoxy groups -OCH3 is 3. The van der Waals surface area contributed by atoms with Gasteiger partial charge in [-0.15, -0.1) is 0 Å². The maximum atomic E-state index is 11.4. The van der Waals surface area contributed by atoms with Crippen molar-refractivity contribution in [2.24, 2.45) is 0 Å². The molecule has 0 fully saturated rings. The molecule has 25 heavy (non-hydrogen) atoms. The van der Waals surface area contributed by atoms with Gasteiger partial charge in [0.15, 0.2) is 0 Å². The number of benzene rings is 2. The second-order valence-corrected chi connectivity index (χ2v) is 6.82. The second-order valence-electron chi connectivity index (χ2n) is 5.51. The fourth-order valence-corrected chi connectivity index (χ4v) is 3.68. The molecule has 0 N–H and O–H groups in total. The van der Waals surface area contributed by atoms with Gasteiger partial charge in [0.1, 0.15) is 11.5 Å². The van der Waals surface area contributed by atoms with Crippen molar-refractivity contribution in [3.05, 3.63) is 59.7 Å². The smallest absolute Gasteiger partial charge is 0.306 e. The maximum Gasteiger partial charge on any atom is 0.306 e. The van der Waals surface area contributed by atoms with Crippen LogP contribution in [0.4, 0.5) is 0 Å². The lowest BCUT2D eigenvalue weighted by molar-refractivity contribution is -0.140. The zero-order chi connectivity index (χ0) is 18.1. The summed E-state index contributed by atoms with van der Waals surface area (Å²) in [6, 6.07) is 16.2. The predicted molar refractivity (Wildman–Crippen MR) is 102 cm³/mol. The van der Waals surface area contributed by atoms with Gasteiger partial charge in [0.2, 0.25) is 0 Å². The van der Waals surface area contributed by atoms with E-state index in [4.69, 9.17) is 14.2 Å². The molecular formula is C20H24O4S. The van der Waals surface area contributed by atoms with Gasteiger partial charge in [0.05, 0.1) is 27.8 Å². The Kier molecular flexibility index (Phi) is 7.67. The quantitative estimate of drug-likeness (QED) is 0.625. The molecule has 2 aromatic carbocycles. The molecule has 2 aromatic rings. The number of esters is 1. The molecule has 1 atom stereocenters. The van der Waals surface area contributed by atoms with Crippen LogP contribution in [0.15, 0.2) is 48.5 Å². The van der Waals surface area contributed by atoms with E-state index in [-0.39, 0.29) is 11.2 Å². The lowest BCUT2D eigenvalue weighted by Crippen LogP contribution is -2.05. The van der Waals surface area contributed by atoms with Crippen molar-refractivity contribution in [1.82, 2.24) is 0 Å². The summed E-state index contributed by atoms with van der Waals surface area (Å²) in [4.78, 5) is 11.4. The number of hydrogen-bond acceptors (Lipinski definition) is 5. The first-order valence-corrected chi connectivity index (χ1v) is 9.16. The Morgan fingerprint density at radius 3 is 2.00 bits per heavy atom. The molecule has 2 rings (SSSR count). The molecule has 0 aliphatic heterocycles. The molecular weight excluding hydrogens is 336 g/mol. The lowest BCUT2D eigenvalue weighted by Gasteiger charge is -2.18. The summed E-state index contributed by atoms with van der Waals surface area (Å²) in [5.41, 5.74) is 2.44. The third-order valence-electron chi connectivity index (χ3n) is 3.92. The standard InChI is InChI=1S/C20H24O4S/c1-22-17-8-4-15(5-9-17)14-19(25-13-12-20(21)24-3)16-6-10-18(23-2)11-7-16/h4-11,19H,12-14H2,1-3H3. The van der Waals surface area contributed by atoms with Crippen LogP contribution in [0, 0.1) is 0 Å². The highest BCUT2D eigenvalue weighted by molar-refractivity contribution is 7.99. The Bertz CT molecular complexity index is 652. The minimum Gasteiger partial charge on any atom is -0.497 e. The predicted octanol–water partition coefficient (Wildman–Crippen LogP) is 4.28. The van der Waals surface area contributed by atoms with Gasteiger partial charge in [-0.1, -0.05) is 24.3 Å². The molecule has 5 heteroatoms. The highest BCUT2D eigenvalue weighted by Gasteiger charge is 2.14. The van der Waals surface area contributed by atoms with Gasteiger partial charge in [0.25, 0.3) is 0 Å². The first-order valence-electron chi connectivity index (χ1n) is 8.11. The fourth-order valence-electron chi connectivity index (χ4n) is 2.45. The molecule has 0 bridgehead atoms. The van der Waals surface area contributed by atoms with Gasteiger partial charge < -0.3 is 14.2 Å². The first kappa shape index (κ1) is 19.2. The Morgan fingerprint density at radius 1 is 0.920 bits per heavy atom. The molecule has 0 saturated carbocycles. The number of rotatable bonds is 9. The molecule has 0 saturated heterocycles. The van der Waals surface area contributed by atoms with Gasteiger partial charge in [-0.05, 0) is 41.8 Å². The van der Waals surface area contributed by atoms with Crippen molar-refractivity contribution in [2.45, 2.75) is 18.1 Å². The van der Waals surface area contributed by atoms with Crippen LogP contribution in [0.1, 0.15) is 22.8 Å². The second kappa shape index (κ2) is 9.99. The van der Waals surface area contributed by atoms with E-state index in [0.29, 0.717) is 6.42 Å². The SMILES string of the molecule is COC(=O)CCSC(Cc1ccc(OC)cc1)c1ccc(OC)cc1. The van der Waals surface area contributed by atoms with E-state index in [9.17, 15) is 4.79 Å². The van der Waals surface area contributed by atoms with Gasteiger partial charge >= 0.3 is 5.97 Å². The summed E-state index contributed by atoms with van der Waals surface area (Å²) in [6.07, 6.45) is 1.29. The minimum atomic E-state index is -0.176. The third kappa shape index (κ3) is 6.02. The first-order chi connectivity index (χ1) is 12.2. The molecule has 0 amide bonds. The van der Waals surface area contributed by atoms with Crippen molar-refractivity contribution >= 4 is 17.7 Å². The largest absolute Gasteiger partial charge is 0.497 e. The summed E-state index contributed by atoms with van der Waals surface area (Å²) in [5, 5.41) is 0.254. The van der Waals surface area contributed by atoms with Crippen molar-refractivity contribution in [2.75, 3.05) is 27.1 Å². The van der Waals surface area contributed by atoms with Crippen LogP contribution in [0.3, 0.4) is 0 Å². The van der Waals surface area contributed by atoms with Gasteiger partial charge in [0, 0.05) is 11.0 Å². The zero-order valence-corrected chi connectivity index (χ0v) is 15.7. The van der Waals surface area contributed by atoms with Crippen molar-refractivity contribution in [3.63, 3.8) is 0 Å². The normalized spacial score (nSPS) is 11.6. The molecule has 1 unspecified atom stereocenters. The number of carbonyl (C=O) groups is 1. The van der Waals surface area contributed by atoms with Gasteiger partial charge in [-0.25, -0.2) is 0 Å². The molecule has 0 aliphatic carbocycles. The average Bonchev–Trinajstić information content (AvgIpc) is 2.67. The molecule has 134 valence electrons. The Balaban J connectivity index is 2.10. The van der Waals surface area contributed by atoms with Crippen LogP contribution in [0.2, 0.25) is 0 Å². The van der Waals surface area contributed by atoms with Crippen LogP contribution in [0.5, 0.6) is 11.5 Å². The average molecular weight is 360 g/mol. The van der Waals surface area contributed by atoms with Crippen molar-refractivity contribution < 1.29 is 19.0 Å². The summed E-state index contributed by atoms with van der Waals surface area (Å²) >= 11 is 1.76. The minimum absolute atomic E-state index is 0.176. The number of hydrogen-bond donors (Lipinski definition) is 0. The van der Waals surface area contributed by atoms with E-state index in [1.807, 2.05) is 24.3 Å². The van der Waals surface area contributed by atoms with Gasteiger partial charge in [-0.2, -0.15) is 11.8 Å². The van der Waals surface area contributed by atoms with E-state index in [1.165, 1.54) is 18.2 Å². The monoisotopic (exact) mass is 360 g/mol. The molecule has 0 aliphatic rings. The topological polar surface area (TPSA) is 44.8 Å². The molecule has 0 spiro atoms. The zero-order valence-electron chi connectivity index (χ0n) is 14.9. The van der Waals surface area contributed by atoms with E-state index in [2.05, 4.69) is 24.3 Å². The molecule has 4 nitrogen and oxygen atoms in total. The Morgan fingerprint density at radius 2 is 1.48 bits per heavy atom. The maximum absolute atomic E-state index is 11.4. The van der Waals surface area contributed by atoms with E-state index in [0.717, 1.165) is 23.7 Å². The van der Waals surface area contributed by atoms with E-state index in [1.54, 1.807) is 26.0 Å². The summed E-state index contributed by atoms with van der Waals surface area (Å²) in [7, 11) is 4.75. The third-order valence-corrected chi connectivity index (χ3v) is 5.20. The summed E-state index contributed by atoms with van der Waals surface area (Å²) in [6.45, 7) is 0. The van der Waals surface area contributed by atoms with Gasteiger partial charge in [-0.3, -0.25) is 4.79 Å². The number of ether oxygens (including phenoxy) is 3. The van der Waals surface area contributed by atoms with E-state index >= 15 is 0 Å². The highest BCUT2D eigenvalue weighted by Crippen LogP contribution is 2.34. The number of thioether (sulfide) groups is 1. The number of carbonyl (C=O) groups excluding carboxylic acids is 1. The molecule has 0 aromatic heterocycles. The fraction of sp³-hybridized carbons (Fsp3) is 0.350. The van der Waals surface area contributed by atoms with E-state index < -0.39 is 0 Å². The highest BCUT2D eigenvalue weighted by atomic mass is 32.2. The Hall–Kier alpha value is -2.14. The lowest BCUT2D eigenvalue weighted by atomic mass is 10.0. The van der Waals surface area contributed by atoms with Crippen molar-refractivity contribution in [3.8, 4) is 11.5 Å². The van der Waals surface area contributed by atoms with Crippen LogP contribution in [-0.4, -0.2) is 33.1 Å². The summed E-state index contributed by atoms with van der Waals surface area (Å²) < 4.78 is 15.2. The summed E-state index contributed by atoms with van der Waals surface area (Å²) in [5.74, 6) is 2.24. The molecule has 0 heterocycles. The molecule has 0 radical (unpaired) electrons. The van der Waals surface area contributed by atoms with Crippen LogP contribution >= 0.6 is 11.8 Å². The van der Waals surface area contributed by atoms with Crippen molar-refractivity contribution in [1.29, 1.82) is 0 Å². The van der Waals surface area contributed by atoms with Crippen LogP contribution in [-0.2, 0) is 16.0 Å². The van der Waals surface area contributed by atoms with Crippen LogP contribution in [0.25, 0.3) is 0 Å².